The first-order chi connectivity index (χ1) is 12.8. The molecule has 0 aromatic carbocycles. The summed E-state index contributed by atoms with van der Waals surface area (Å²) >= 11 is 0. The van der Waals surface area contributed by atoms with Crippen LogP contribution in [0.25, 0.3) is 0 Å². The fourth-order valence-electron chi connectivity index (χ4n) is 3.77. The molecule has 2 fully saturated rings. The third kappa shape index (κ3) is 4.68. The molecule has 27 heavy (non-hydrogen) atoms. The van der Waals surface area contributed by atoms with Gasteiger partial charge in [0, 0.05) is 38.3 Å². The molecule has 0 aliphatic carbocycles. The number of morpholine rings is 1. The lowest BCUT2D eigenvalue weighted by atomic mass is 9.99. The van der Waals surface area contributed by atoms with Gasteiger partial charge in [0.2, 0.25) is 0 Å². The van der Waals surface area contributed by atoms with Gasteiger partial charge in [0.05, 0.1) is 13.2 Å². The maximum atomic E-state index is 12.9. The first-order valence-corrected chi connectivity index (χ1v) is 9.68. The Morgan fingerprint density at radius 2 is 2.00 bits per heavy atom. The highest BCUT2D eigenvalue weighted by Crippen LogP contribution is 2.26. The van der Waals surface area contributed by atoms with E-state index in [1.165, 1.54) is 6.07 Å². The fraction of sp³-hybridized carbons (Fsp3) is 0.737. The zero-order valence-electron chi connectivity index (χ0n) is 16.7. The van der Waals surface area contributed by atoms with Crippen molar-refractivity contribution >= 4 is 11.9 Å². The van der Waals surface area contributed by atoms with Gasteiger partial charge in [-0.2, -0.15) is 5.10 Å². The number of H-pyrrole nitrogens is 1. The van der Waals surface area contributed by atoms with Crippen molar-refractivity contribution < 1.29 is 19.1 Å². The Morgan fingerprint density at radius 3 is 2.63 bits per heavy atom. The van der Waals surface area contributed by atoms with E-state index in [-0.39, 0.29) is 17.3 Å². The number of rotatable bonds is 4. The zero-order valence-corrected chi connectivity index (χ0v) is 16.7. The number of carbonyl (C=O) groups excluding carboxylic acids is 2. The largest absolute Gasteiger partial charge is 0.455 e. The van der Waals surface area contributed by atoms with Crippen molar-refractivity contribution in [2.45, 2.75) is 45.8 Å². The number of aromatic amines is 1. The van der Waals surface area contributed by atoms with Crippen molar-refractivity contribution in [2.24, 2.45) is 5.92 Å². The molecule has 0 saturated carbocycles. The van der Waals surface area contributed by atoms with Crippen LogP contribution in [0.2, 0.25) is 0 Å². The van der Waals surface area contributed by atoms with Gasteiger partial charge < -0.3 is 14.4 Å². The molecule has 1 amide bonds. The highest BCUT2D eigenvalue weighted by atomic mass is 16.6. The molecule has 2 atom stereocenters. The SMILES string of the molecule is CCC1CN(C(=O)c2cc(C(=O)OC(C)(C)C)[nH]n2)CC1N1CCOCC1. The Kier molecular flexibility index (Phi) is 5.86. The van der Waals surface area contributed by atoms with Gasteiger partial charge in [-0.15, -0.1) is 0 Å². The molecule has 1 aromatic heterocycles. The van der Waals surface area contributed by atoms with Crippen molar-refractivity contribution in [3.63, 3.8) is 0 Å². The van der Waals surface area contributed by atoms with Crippen LogP contribution in [0.1, 0.15) is 55.1 Å². The summed E-state index contributed by atoms with van der Waals surface area (Å²) in [6.45, 7) is 12.3. The molecule has 2 aliphatic heterocycles. The van der Waals surface area contributed by atoms with Crippen LogP contribution in [-0.4, -0.2) is 82.9 Å². The zero-order chi connectivity index (χ0) is 19.6. The van der Waals surface area contributed by atoms with Crippen molar-refractivity contribution in [3.8, 4) is 0 Å². The molecule has 2 saturated heterocycles. The van der Waals surface area contributed by atoms with Gasteiger partial charge in [0.15, 0.2) is 5.69 Å². The number of aromatic nitrogens is 2. The molecule has 8 heteroatoms. The predicted octanol–water partition coefficient (Wildman–Crippen LogP) is 1.55. The molecule has 150 valence electrons. The number of likely N-dealkylation sites (tertiary alicyclic amines) is 1. The van der Waals surface area contributed by atoms with Gasteiger partial charge in [-0.25, -0.2) is 4.79 Å². The highest BCUT2D eigenvalue weighted by Gasteiger charge is 2.39. The number of amides is 1. The fourth-order valence-corrected chi connectivity index (χ4v) is 3.77. The first kappa shape index (κ1) is 19.8. The number of carbonyl (C=O) groups is 2. The normalized spacial score (nSPS) is 24.2. The summed E-state index contributed by atoms with van der Waals surface area (Å²) in [6, 6.07) is 1.84. The third-order valence-corrected chi connectivity index (χ3v) is 5.15. The van der Waals surface area contributed by atoms with E-state index in [0.717, 1.165) is 32.7 Å². The molecule has 1 N–H and O–H groups in total. The molecule has 0 bridgehead atoms. The van der Waals surface area contributed by atoms with Crippen LogP contribution in [0.5, 0.6) is 0 Å². The van der Waals surface area contributed by atoms with E-state index in [9.17, 15) is 9.59 Å². The average Bonchev–Trinajstić information content (AvgIpc) is 3.28. The van der Waals surface area contributed by atoms with E-state index in [0.29, 0.717) is 25.0 Å². The predicted molar refractivity (Wildman–Crippen MR) is 99.6 cm³/mol. The quantitative estimate of drug-likeness (QED) is 0.800. The Bertz CT molecular complexity index is 675. The molecular weight excluding hydrogens is 348 g/mol. The molecule has 1 aromatic rings. The van der Waals surface area contributed by atoms with Crippen LogP contribution in [0.3, 0.4) is 0 Å². The molecule has 2 unspecified atom stereocenters. The molecule has 0 radical (unpaired) electrons. The number of hydrogen-bond donors (Lipinski definition) is 1. The smallest absolute Gasteiger partial charge is 0.356 e. The maximum absolute atomic E-state index is 12.9. The molecule has 2 aliphatic rings. The minimum Gasteiger partial charge on any atom is -0.455 e. The van der Waals surface area contributed by atoms with Gasteiger partial charge in [0.25, 0.3) is 5.91 Å². The number of ether oxygens (including phenoxy) is 2. The van der Waals surface area contributed by atoms with Gasteiger partial charge in [-0.05, 0) is 26.7 Å². The lowest BCUT2D eigenvalue weighted by Gasteiger charge is -2.34. The van der Waals surface area contributed by atoms with E-state index >= 15 is 0 Å². The van der Waals surface area contributed by atoms with Gasteiger partial charge >= 0.3 is 5.97 Å². The molecule has 3 rings (SSSR count). The van der Waals surface area contributed by atoms with Crippen molar-refractivity contribution in [1.29, 1.82) is 0 Å². The van der Waals surface area contributed by atoms with Crippen LogP contribution in [0, 0.1) is 5.92 Å². The second kappa shape index (κ2) is 7.98. The summed E-state index contributed by atoms with van der Waals surface area (Å²) < 4.78 is 10.8. The molecular formula is C19H30N4O4. The Hall–Kier alpha value is -1.93. The van der Waals surface area contributed by atoms with E-state index in [1.54, 1.807) is 20.8 Å². The van der Waals surface area contributed by atoms with E-state index in [2.05, 4.69) is 22.0 Å². The Morgan fingerprint density at radius 1 is 1.30 bits per heavy atom. The van der Waals surface area contributed by atoms with E-state index in [1.807, 2.05) is 4.90 Å². The first-order valence-electron chi connectivity index (χ1n) is 9.68. The Labute approximate surface area is 160 Å². The highest BCUT2D eigenvalue weighted by molar-refractivity contribution is 5.96. The third-order valence-electron chi connectivity index (χ3n) is 5.15. The minimum atomic E-state index is -0.596. The molecule has 3 heterocycles. The summed E-state index contributed by atoms with van der Waals surface area (Å²) in [5, 5.41) is 6.68. The average molecular weight is 378 g/mol. The second-order valence-electron chi connectivity index (χ2n) is 8.26. The maximum Gasteiger partial charge on any atom is 0.356 e. The van der Waals surface area contributed by atoms with Gasteiger partial charge in [-0.3, -0.25) is 14.8 Å². The summed E-state index contributed by atoms with van der Waals surface area (Å²) in [6.07, 6.45) is 1.02. The van der Waals surface area contributed by atoms with Gasteiger partial charge in [0.1, 0.15) is 11.3 Å². The lowest BCUT2D eigenvalue weighted by Crippen LogP contribution is -2.47. The topological polar surface area (TPSA) is 87.8 Å². The van der Waals surface area contributed by atoms with Crippen LogP contribution in [0.15, 0.2) is 6.07 Å². The number of hydrogen-bond acceptors (Lipinski definition) is 6. The van der Waals surface area contributed by atoms with E-state index < -0.39 is 11.6 Å². The van der Waals surface area contributed by atoms with Crippen LogP contribution in [-0.2, 0) is 9.47 Å². The summed E-state index contributed by atoms with van der Waals surface area (Å²) in [4.78, 5) is 29.3. The minimum absolute atomic E-state index is 0.143. The second-order valence-corrected chi connectivity index (χ2v) is 8.26. The standard InChI is InChI=1S/C19H30N4O4/c1-5-13-11-23(12-16(13)22-6-8-26-9-7-22)17(24)14-10-15(21-20-14)18(25)27-19(2,3)4/h10,13,16H,5-9,11-12H2,1-4H3,(H,20,21). The van der Waals surface area contributed by atoms with Crippen LogP contribution in [0.4, 0.5) is 0 Å². The number of nitrogens with zero attached hydrogens (tertiary/aromatic N) is 3. The number of nitrogens with one attached hydrogen (secondary N) is 1. The Balaban J connectivity index is 1.66. The van der Waals surface area contributed by atoms with Crippen molar-refractivity contribution in [2.75, 3.05) is 39.4 Å². The summed E-state index contributed by atoms with van der Waals surface area (Å²) in [7, 11) is 0. The van der Waals surface area contributed by atoms with Crippen molar-refractivity contribution in [1.82, 2.24) is 20.0 Å². The van der Waals surface area contributed by atoms with Gasteiger partial charge in [-0.1, -0.05) is 13.3 Å². The number of esters is 1. The molecule has 0 spiro atoms. The summed E-state index contributed by atoms with van der Waals surface area (Å²) in [5.74, 6) is -0.209. The van der Waals surface area contributed by atoms with Crippen LogP contribution < -0.4 is 0 Å². The lowest BCUT2D eigenvalue weighted by molar-refractivity contribution is 0.00626. The molecule has 8 nitrogen and oxygen atoms in total. The van der Waals surface area contributed by atoms with Crippen molar-refractivity contribution in [3.05, 3.63) is 17.5 Å². The summed E-state index contributed by atoms with van der Waals surface area (Å²) in [5.41, 5.74) is -0.140. The van der Waals surface area contributed by atoms with Crippen LogP contribution >= 0.6 is 0 Å². The van der Waals surface area contributed by atoms with E-state index in [4.69, 9.17) is 9.47 Å². The monoisotopic (exact) mass is 378 g/mol.